The average Bonchev–Trinajstić information content (AvgIpc) is 3.24. The number of rotatable bonds is 9. The van der Waals surface area contributed by atoms with E-state index in [1.54, 1.807) is 12.2 Å². The largest absolute Gasteiger partial charge is 0.481 e. The van der Waals surface area contributed by atoms with Crippen LogP contribution in [0.5, 0.6) is 0 Å². The van der Waals surface area contributed by atoms with Crippen molar-refractivity contribution in [2.75, 3.05) is 13.2 Å². The van der Waals surface area contributed by atoms with Crippen LogP contribution in [-0.2, 0) is 28.7 Å². The molecule has 0 radical (unpaired) electrons. The summed E-state index contributed by atoms with van der Waals surface area (Å²) in [5.41, 5.74) is -2.02. The molecule has 4 fully saturated rings. The Morgan fingerprint density at radius 2 is 1.77 bits per heavy atom. The number of hydrogen-bond acceptors (Lipinski definition) is 8. The van der Waals surface area contributed by atoms with E-state index in [1.807, 2.05) is 13.0 Å². The third kappa shape index (κ3) is 5.72. The highest BCUT2D eigenvalue weighted by molar-refractivity contribution is 6.01. The molecule has 0 aliphatic heterocycles. The minimum atomic E-state index is -1.74. The van der Waals surface area contributed by atoms with Crippen molar-refractivity contribution in [2.24, 2.45) is 40.4 Å². The maximum absolute atomic E-state index is 13.4. The number of carboxylic acids is 1. The number of esters is 1. The fraction of sp³-hybridized carbons (Fsp3) is 0.727. The molecule has 0 aromatic carbocycles. The van der Waals surface area contributed by atoms with Crippen LogP contribution >= 0.6 is 0 Å². The summed E-state index contributed by atoms with van der Waals surface area (Å²) >= 11 is 0. The van der Waals surface area contributed by atoms with Gasteiger partial charge in [0.1, 0.15) is 5.60 Å². The molecule has 0 saturated heterocycles. The number of Topliss-reactive ketones (excluding diaryl/α,β-unsaturated/α-hetero) is 1. The molecule has 10 nitrogen and oxygen atoms in total. The van der Waals surface area contributed by atoms with E-state index in [-0.39, 0.29) is 67.0 Å². The molecule has 43 heavy (non-hydrogen) atoms. The number of carboxylic acid groups (broad SMARTS) is 1. The SMILES string of the molecule is CC12C=CC(=O)C=C1CCC1C2C(O)CC2(C)C1CCC2(O)C(=O)COC(=O)CCC(=O)NCC1CCC(C(=O)O)CC1. The van der Waals surface area contributed by atoms with Crippen LogP contribution < -0.4 is 5.32 Å². The highest BCUT2D eigenvalue weighted by Crippen LogP contribution is 2.67. The zero-order valence-electron chi connectivity index (χ0n) is 25.2. The first-order valence-corrected chi connectivity index (χ1v) is 15.8. The number of allylic oxidation sites excluding steroid dienone is 4. The van der Waals surface area contributed by atoms with E-state index < -0.39 is 46.9 Å². The quantitative estimate of drug-likeness (QED) is 0.291. The summed E-state index contributed by atoms with van der Waals surface area (Å²) in [4.78, 5) is 61.2. The molecule has 5 aliphatic rings. The molecule has 0 aromatic heterocycles. The Kier molecular flexibility index (Phi) is 8.75. The van der Waals surface area contributed by atoms with E-state index in [0.717, 1.165) is 31.3 Å². The number of aliphatic hydroxyl groups is 2. The van der Waals surface area contributed by atoms with E-state index in [0.29, 0.717) is 25.8 Å². The Balaban J connectivity index is 1.12. The van der Waals surface area contributed by atoms with Crippen LogP contribution in [0.15, 0.2) is 23.8 Å². The Bertz CT molecular complexity index is 1230. The summed E-state index contributed by atoms with van der Waals surface area (Å²) in [6.07, 6.45) is 9.38. The maximum Gasteiger partial charge on any atom is 0.306 e. The minimum absolute atomic E-state index is 0.00201. The first-order chi connectivity index (χ1) is 20.3. The van der Waals surface area contributed by atoms with Gasteiger partial charge in [0.15, 0.2) is 12.4 Å². The van der Waals surface area contributed by atoms with Gasteiger partial charge >= 0.3 is 11.9 Å². The molecule has 5 aliphatic carbocycles. The number of aliphatic carboxylic acids is 1. The number of carbonyl (C=O) groups excluding carboxylic acids is 4. The molecular formula is C33H45NO9. The normalized spacial score (nSPS) is 40.0. The number of hydrogen-bond donors (Lipinski definition) is 4. The lowest BCUT2D eigenvalue weighted by Crippen LogP contribution is -2.61. The van der Waals surface area contributed by atoms with Crippen molar-refractivity contribution in [3.05, 3.63) is 23.8 Å². The average molecular weight is 600 g/mol. The summed E-state index contributed by atoms with van der Waals surface area (Å²) < 4.78 is 5.22. The molecular weight excluding hydrogens is 554 g/mol. The Labute approximate surface area is 252 Å². The van der Waals surface area contributed by atoms with Crippen molar-refractivity contribution >= 4 is 29.4 Å². The molecule has 236 valence electrons. The molecule has 0 bridgehead atoms. The van der Waals surface area contributed by atoms with Crippen LogP contribution in [-0.4, -0.2) is 69.6 Å². The zero-order valence-corrected chi connectivity index (χ0v) is 25.2. The molecule has 0 heterocycles. The van der Waals surface area contributed by atoms with Gasteiger partial charge in [-0.05, 0) is 87.7 Å². The number of nitrogens with one attached hydrogen (secondary N) is 1. The summed E-state index contributed by atoms with van der Waals surface area (Å²) in [5.74, 6) is -2.54. The number of amides is 1. The monoisotopic (exact) mass is 599 g/mol. The van der Waals surface area contributed by atoms with Crippen molar-refractivity contribution in [3.63, 3.8) is 0 Å². The highest BCUT2D eigenvalue weighted by Gasteiger charge is 2.68. The number of aliphatic hydroxyl groups excluding tert-OH is 1. The second kappa shape index (κ2) is 11.9. The summed E-state index contributed by atoms with van der Waals surface area (Å²) in [7, 11) is 0. The van der Waals surface area contributed by atoms with E-state index in [9.17, 15) is 34.2 Å². The van der Waals surface area contributed by atoms with Crippen LogP contribution in [0.1, 0.15) is 84.5 Å². The highest BCUT2D eigenvalue weighted by atomic mass is 16.5. The van der Waals surface area contributed by atoms with Crippen LogP contribution in [0, 0.1) is 40.4 Å². The van der Waals surface area contributed by atoms with Gasteiger partial charge in [-0.3, -0.25) is 24.0 Å². The molecule has 1 amide bonds. The van der Waals surface area contributed by atoms with Gasteiger partial charge in [0.25, 0.3) is 0 Å². The molecule has 5 rings (SSSR count). The Hall–Kier alpha value is -2.85. The van der Waals surface area contributed by atoms with E-state index in [1.165, 1.54) is 0 Å². The second-order valence-corrected chi connectivity index (χ2v) is 14.1. The molecule has 10 heteroatoms. The first kappa shape index (κ1) is 31.6. The van der Waals surface area contributed by atoms with E-state index in [2.05, 4.69) is 12.2 Å². The second-order valence-electron chi connectivity index (χ2n) is 14.1. The fourth-order valence-electron chi connectivity index (χ4n) is 9.30. The van der Waals surface area contributed by atoms with Gasteiger partial charge in [0, 0.05) is 29.7 Å². The van der Waals surface area contributed by atoms with E-state index in [4.69, 9.17) is 9.84 Å². The van der Waals surface area contributed by atoms with Gasteiger partial charge in [-0.1, -0.05) is 25.5 Å². The third-order valence-corrected chi connectivity index (χ3v) is 11.8. The van der Waals surface area contributed by atoms with Gasteiger partial charge in [0.05, 0.1) is 18.4 Å². The van der Waals surface area contributed by atoms with Crippen LogP contribution in [0.25, 0.3) is 0 Å². The van der Waals surface area contributed by atoms with Gasteiger partial charge in [0.2, 0.25) is 11.7 Å². The lowest BCUT2D eigenvalue weighted by atomic mass is 9.46. The predicted octanol–water partition coefficient (Wildman–Crippen LogP) is 2.90. The number of carbonyl (C=O) groups is 5. The predicted molar refractivity (Wildman–Crippen MR) is 154 cm³/mol. The Morgan fingerprint density at radius 3 is 2.47 bits per heavy atom. The molecule has 7 atom stereocenters. The van der Waals surface area contributed by atoms with Crippen LogP contribution in [0.3, 0.4) is 0 Å². The lowest BCUT2D eigenvalue weighted by Gasteiger charge is -2.59. The van der Waals surface area contributed by atoms with Gasteiger partial charge in [-0.25, -0.2) is 0 Å². The van der Waals surface area contributed by atoms with Crippen molar-refractivity contribution in [1.82, 2.24) is 5.32 Å². The number of ether oxygens (including phenoxy) is 1. The topological polar surface area (TPSA) is 167 Å². The van der Waals surface area contributed by atoms with Gasteiger partial charge in [-0.2, -0.15) is 0 Å². The molecule has 7 unspecified atom stereocenters. The minimum Gasteiger partial charge on any atom is -0.481 e. The third-order valence-electron chi connectivity index (χ3n) is 11.8. The van der Waals surface area contributed by atoms with Gasteiger partial charge < -0.3 is 25.4 Å². The zero-order chi connectivity index (χ0) is 31.2. The van der Waals surface area contributed by atoms with Crippen molar-refractivity contribution in [3.8, 4) is 0 Å². The van der Waals surface area contributed by atoms with Crippen molar-refractivity contribution in [2.45, 2.75) is 96.2 Å². The summed E-state index contributed by atoms with van der Waals surface area (Å²) in [6, 6.07) is 0. The van der Waals surface area contributed by atoms with E-state index >= 15 is 0 Å². The maximum atomic E-state index is 13.4. The molecule has 4 saturated carbocycles. The van der Waals surface area contributed by atoms with Crippen LogP contribution in [0.2, 0.25) is 0 Å². The smallest absolute Gasteiger partial charge is 0.306 e. The molecule has 0 aromatic rings. The fourth-order valence-corrected chi connectivity index (χ4v) is 9.30. The molecule has 4 N–H and O–H groups in total. The van der Waals surface area contributed by atoms with Crippen molar-refractivity contribution in [1.29, 1.82) is 0 Å². The molecule has 0 spiro atoms. The Morgan fingerprint density at radius 1 is 1.05 bits per heavy atom. The van der Waals surface area contributed by atoms with Crippen molar-refractivity contribution < 1.29 is 44.0 Å². The van der Waals surface area contributed by atoms with Crippen LogP contribution in [0.4, 0.5) is 0 Å². The first-order valence-electron chi connectivity index (χ1n) is 15.8. The standard InChI is InChI=1S/C33H45NO9/c1-31-13-11-22(35)15-21(31)7-8-23-24-12-14-33(42,32(24,2)16-25(36)29(23)31)26(37)18-43-28(39)10-9-27(38)34-17-19-3-5-20(6-4-19)30(40)41/h11,13,15,19-20,23-25,29,36,42H,3-10,12,14,16-18H2,1-2H3,(H,34,38)(H,40,41). The lowest BCUT2D eigenvalue weighted by molar-refractivity contribution is -0.181. The number of ketones is 2. The summed E-state index contributed by atoms with van der Waals surface area (Å²) in [6.45, 7) is 3.79. The summed E-state index contributed by atoms with van der Waals surface area (Å²) in [5, 5.41) is 35.2. The van der Waals surface area contributed by atoms with Gasteiger partial charge in [-0.15, -0.1) is 0 Å². The number of fused-ring (bicyclic) bond motifs is 5.